The molecule has 0 aliphatic rings. The molecule has 0 saturated carbocycles. The lowest BCUT2D eigenvalue weighted by molar-refractivity contribution is -0.128. The van der Waals surface area contributed by atoms with Crippen molar-refractivity contribution in [3.05, 3.63) is 65.7 Å². The minimum atomic E-state index is -0.843. The van der Waals surface area contributed by atoms with Gasteiger partial charge in [-0.05, 0) is 18.6 Å². The molecular weight excluding hydrogens is 370 g/mol. The minimum Gasteiger partial charge on any atom is -0.494 e. The van der Waals surface area contributed by atoms with Crippen LogP contribution in [0.4, 0.5) is 0 Å². The molecule has 2 aromatic carbocycles. The highest BCUT2D eigenvalue weighted by molar-refractivity contribution is 5.87. The molecule has 0 spiro atoms. The van der Waals surface area contributed by atoms with Crippen molar-refractivity contribution in [2.24, 2.45) is 5.73 Å². The van der Waals surface area contributed by atoms with Gasteiger partial charge in [-0.15, -0.1) is 0 Å². The lowest BCUT2D eigenvalue weighted by atomic mass is 10.0. The van der Waals surface area contributed by atoms with Gasteiger partial charge in [-0.1, -0.05) is 48.5 Å². The Hall–Kier alpha value is -3.35. The van der Waals surface area contributed by atoms with Crippen LogP contribution in [-0.2, 0) is 20.8 Å². The summed E-state index contributed by atoms with van der Waals surface area (Å²) in [6, 6.07) is 15.1. The number of ether oxygens (including phenoxy) is 1. The van der Waals surface area contributed by atoms with Crippen molar-refractivity contribution >= 4 is 17.7 Å². The molecule has 0 heterocycles. The van der Waals surface area contributed by atoms with Gasteiger partial charge in [0, 0.05) is 18.9 Å². The van der Waals surface area contributed by atoms with Gasteiger partial charge in [0.2, 0.25) is 17.7 Å². The number of nitrogens with one attached hydrogen (secondary N) is 2. The van der Waals surface area contributed by atoms with Crippen molar-refractivity contribution in [3.63, 3.8) is 0 Å². The van der Waals surface area contributed by atoms with Gasteiger partial charge in [0.25, 0.3) is 0 Å². The van der Waals surface area contributed by atoms with Crippen LogP contribution in [-0.4, -0.2) is 30.4 Å². The fraction of sp³-hybridized carbons (Fsp3) is 0.318. The van der Waals surface area contributed by atoms with Crippen LogP contribution in [0.25, 0.3) is 0 Å². The van der Waals surface area contributed by atoms with Crippen molar-refractivity contribution < 1.29 is 19.1 Å². The number of hydrogen-bond donors (Lipinski definition) is 3. The first kappa shape index (κ1) is 21.9. The lowest BCUT2D eigenvalue weighted by Crippen LogP contribution is -2.46. The number of amides is 3. The monoisotopic (exact) mass is 397 g/mol. The summed E-state index contributed by atoms with van der Waals surface area (Å²) in [6.07, 6.45) is 0.241. The first-order valence-electron chi connectivity index (χ1n) is 9.52. The zero-order valence-corrected chi connectivity index (χ0v) is 16.7. The molecule has 0 fully saturated rings. The number of hydrogen-bond acceptors (Lipinski definition) is 4. The van der Waals surface area contributed by atoms with Crippen LogP contribution in [0.1, 0.15) is 37.4 Å². The van der Waals surface area contributed by atoms with Crippen molar-refractivity contribution in [2.45, 2.75) is 38.8 Å². The molecule has 0 bridgehead atoms. The van der Waals surface area contributed by atoms with Gasteiger partial charge in [-0.25, -0.2) is 0 Å². The summed E-state index contributed by atoms with van der Waals surface area (Å²) in [7, 11) is 0. The molecule has 3 amide bonds. The van der Waals surface area contributed by atoms with E-state index in [-0.39, 0.29) is 12.3 Å². The van der Waals surface area contributed by atoms with Gasteiger partial charge in [0.15, 0.2) is 0 Å². The second-order valence-electron chi connectivity index (χ2n) is 6.64. The molecule has 0 aromatic heterocycles. The van der Waals surface area contributed by atoms with E-state index in [2.05, 4.69) is 10.6 Å². The third-order valence-corrected chi connectivity index (χ3v) is 4.32. The molecule has 154 valence electrons. The number of primary amides is 1. The number of carbonyl (C=O) groups is 3. The zero-order chi connectivity index (χ0) is 21.2. The molecule has 0 aliphatic carbocycles. The summed E-state index contributed by atoms with van der Waals surface area (Å²) in [6.45, 7) is 3.70. The molecule has 2 rings (SSSR count). The van der Waals surface area contributed by atoms with Crippen LogP contribution in [0, 0.1) is 0 Å². The Morgan fingerprint density at radius 3 is 2.28 bits per heavy atom. The second-order valence-corrected chi connectivity index (χ2v) is 6.64. The van der Waals surface area contributed by atoms with Crippen molar-refractivity contribution in [1.82, 2.24) is 10.6 Å². The van der Waals surface area contributed by atoms with Gasteiger partial charge < -0.3 is 21.1 Å². The second kappa shape index (κ2) is 10.8. The van der Waals surface area contributed by atoms with Crippen LogP contribution in [0.2, 0.25) is 0 Å². The van der Waals surface area contributed by atoms with E-state index in [1.165, 1.54) is 6.92 Å². The summed E-state index contributed by atoms with van der Waals surface area (Å²) < 4.78 is 5.62. The van der Waals surface area contributed by atoms with Crippen molar-refractivity contribution in [1.29, 1.82) is 0 Å². The van der Waals surface area contributed by atoms with E-state index in [4.69, 9.17) is 10.5 Å². The quantitative estimate of drug-likeness (QED) is 0.568. The fourth-order valence-corrected chi connectivity index (χ4v) is 3.05. The molecule has 0 saturated heterocycles. The SMILES string of the molecule is CCOc1ccccc1C(CC(=O)NC(Cc1ccccc1)C(N)=O)NC(C)=O. The fourth-order valence-electron chi connectivity index (χ4n) is 3.05. The first-order valence-corrected chi connectivity index (χ1v) is 9.52. The van der Waals surface area contributed by atoms with Gasteiger partial charge >= 0.3 is 0 Å². The third kappa shape index (κ3) is 6.95. The van der Waals surface area contributed by atoms with Crippen LogP contribution in [0.5, 0.6) is 5.75 Å². The Morgan fingerprint density at radius 1 is 1.00 bits per heavy atom. The number of carbonyl (C=O) groups excluding carboxylic acids is 3. The Morgan fingerprint density at radius 2 is 1.66 bits per heavy atom. The largest absolute Gasteiger partial charge is 0.494 e. The van der Waals surface area contributed by atoms with E-state index in [0.717, 1.165) is 5.56 Å². The van der Waals surface area contributed by atoms with Crippen molar-refractivity contribution in [2.75, 3.05) is 6.61 Å². The maximum Gasteiger partial charge on any atom is 0.240 e. The Labute approximate surface area is 170 Å². The van der Waals surface area contributed by atoms with Gasteiger partial charge in [-0.3, -0.25) is 14.4 Å². The summed E-state index contributed by atoms with van der Waals surface area (Å²) >= 11 is 0. The predicted molar refractivity (Wildman–Crippen MR) is 110 cm³/mol. The Bertz CT molecular complexity index is 839. The minimum absolute atomic E-state index is 0.0533. The molecule has 29 heavy (non-hydrogen) atoms. The van der Waals surface area contributed by atoms with E-state index < -0.39 is 23.9 Å². The smallest absolute Gasteiger partial charge is 0.240 e. The highest BCUT2D eigenvalue weighted by atomic mass is 16.5. The molecule has 2 atom stereocenters. The molecular formula is C22H27N3O4. The molecule has 2 aromatic rings. The average Bonchev–Trinajstić information content (AvgIpc) is 2.68. The molecule has 2 unspecified atom stereocenters. The van der Waals surface area contributed by atoms with Gasteiger partial charge in [-0.2, -0.15) is 0 Å². The third-order valence-electron chi connectivity index (χ3n) is 4.32. The summed E-state index contributed by atoms with van der Waals surface area (Å²) in [5.41, 5.74) is 7.05. The highest BCUT2D eigenvalue weighted by Gasteiger charge is 2.24. The Balaban J connectivity index is 2.14. The van der Waals surface area contributed by atoms with Crippen LogP contribution >= 0.6 is 0 Å². The number of benzene rings is 2. The van der Waals surface area contributed by atoms with E-state index in [9.17, 15) is 14.4 Å². The average molecular weight is 397 g/mol. The van der Waals surface area contributed by atoms with Crippen LogP contribution in [0.3, 0.4) is 0 Å². The normalized spacial score (nSPS) is 12.5. The van der Waals surface area contributed by atoms with Gasteiger partial charge in [0.05, 0.1) is 19.1 Å². The number of para-hydroxylation sites is 1. The topological polar surface area (TPSA) is 111 Å². The summed E-state index contributed by atoms with van der Waals surface area (Å²) in [5, 5.41) is 5.47. The van der Waals surface area contributed by atoms with Crippen LogP contribution in [0.15, 0.2) is 54.6 Å². The van der Waals surface area contributed by atoms with Crippen molar-refractivity contribution in [3.8, 4) is 5.75 Å². The highest BCUT2D eigenvalue weighted by Crippen LogP contribution is 2.27. The molecule has 0 aliphatic heterocycles. The standard InChI is InChI=1S/C22H27N3O4/c1-3-29-20-12-8-7-11-17(20)18(24-15(2)26)14-21(27)25-19(22(23)28)13-16-9-5-4-6-10-16/h4-12,18-19H,3,13-14H2,1-2H3,(H2,23,28)(H,24,26)(H,25,27). The lowest BCUT2D eigenvalue weighted by Gasteiger charge is -2.22. The number of nitrogens with two attached hydrogens (primary N) is 1. The van der Waals surface area contributed by atoms with Crippen LogP contribution < -0.4 is 21.1 Å². The maximum atomic E-state index is 12.7. The Kier molecular flexibility index (Phi) is 8.21. The van der Waals surface area contributed by atoms with Gasteiger partial charge in [0.1, 0.15) is 11.8 Å². The molecule has 4 N–H and O–H groups in total. The number of rotatable bonds is 10. The molecule has 7 heteroatoms. The van der Waals surface area contributed by atoms with E-state index in [0.29, 0.717) is 24.3 Å². The summed E-state index contributed by atoms with van der Waals surface area (Å²) in [5.74, 6) is -0.690. The van der Waals surface area contributed by atoms with E-state index in [1.807, 2.05) is 49.4 Å². The van der Waals surface area contributed by atoms with E-state index in [1.54, 1.807) is 12.1 Å². The summed E-state index contributed by atoms with van der Waals surface area (Å²) in [4.78, 5) is 36.2. The first-order chi connectivity index (χ1) is 13.9. The van der Waals surface area contributed by atoms with E-state index >= 15 is 0 Å². The zero-order valence-electron chi connectivity index (χ0n) is 16.7. The molecule has 7 nitrogen and oxygen atoms in total. The maximum absolute atomic E-state index is 12.7. The predicted octanol–water partition coefficient (Wildman–Crippen LogP) is 1.87. The molecule has 0 radical (unpaired) electrons.